The summed E-state index contributed by atoms with van der Waals surface area (Å²) in [6.45, 7) is -0.463. The van der Waals surface area contributed by atoms with Gasteiger partial charge in [0.15, 0.2) is 6.61 Å². The number of amides is 1. The van der Waals surface area contributed by atoms with E-state index in [2.05, 4.69) is 10.5 Å². The minimum atomic E-state index is -4.74. The minimum Gasteiger partial charge on any atom is -0.497 e. The number of nitrogens with one attached hydrogen (secondary N) is 1. The van der Waals surface area contributed by atoms with Crippen molar-refractivity contribution in [3.63, 3.8) is 0 Å². The van der Waals surface area contributed by atoms with Gasteiger partial charge >= 0.3 is 16.3 Å². The van der Waals surface area contributed by atoms with Crippen LogP contribution >= 0.6 is 0 Å². The molecule has 3 aromatic rings. The number of ether oxygens (including phenoxy) is 2. The molecule has 0 saturated carbocycles. The molecular formula is C23H19F3N2O6S. The molecule has 0 aliphatic heterocycles. The Morgan fingerprint density at radius 3 is 2.34 bits per heavy atom. The third kappa shape index (κ3) is 7.21. The van der Waals surface area contributed by atoms with E-state index in [4.69, 9.17) is 13.7 Å². The zero-order valence-electron chi connectivity index (χ0n) is 18.2. The minimum absolute atomic E-state index is 0.0294. The SMILES string of the molecule is COc1cccc(OCC(=O)NN=Cc2cc(C(F)(F)F)ccc2S(=O)(=O)Oc2ccccc2)c1. The number of hydrazone groups is 1. The van der Waals surface area contributed by atoms with Gasteiger partial charge in [0.05, 0.1) is 18.9 Å². The van der Waals surface area contributed by atoms with Crippen molar-refractivity contribution in [2.24, 2.45) is 5.10 Å². The first-order valence-electron chi connectivity index (χ1n) is 9.88. The molecule has 0 spiro atoms. The molecule has 0 fully saturated rings. The average molecular weight is 508 g/mol. The van der Waals surface area contributed by atoms with Crippen LogP contribution in [0.4, 0.5) is 13.2 Å². The Morgan fingerprint density at radius 2 is 1.66 bits per heavy atom. The normalized spacial score (nSPS) is 11.8. The smallest absolute Gasteiger partial charge is 0.416 e. The largest absolute Gasteiger partial charge is 0.497 e. The standard InChI is InChI=1S/C23H19F3N2O6S/c1-32-19-8-5-9-20(13-19)33-15-22(29)28-27-14-16-12-17(23(24,25)26)10-11-21(16)35(30,31)34-18-6-3-2-4-7-18/h2-14H,15H2,1H3,(H,28,29). The van der Waals surface area contributed by atoms with Crippen LogP contribution in [0.5, 0.6) is 17.2 Å². The number of methoxy groups -OCH3 is 1. The van der Waals surface area contributed by atoms with Crippen LogP contribution in [0.15, 0.2) is 82.8 Å². The molecule has 0 radical (unpaired) electrons. The Kier molecular flexibility index (Phi) is 7.97. The lowest BCUT2D eigenvalue weighted by atomic mass is 10.1. The van der Waals surface area contributed by atoms with Crippen molar-refractivity contribution in [1.82, 2.24) is 5.43 Å². The van der Waals surface area contributed by atoms with E-state index < -0.39 is 44.8 Å². The van der Waals surface area contributed by atoms with Crippen molar-refractivity contribution in [2.75, 3.05) is 13.7 Å². The number of carbonyl (C=O) groups is 1. The molecule has 1 N–H and O–H groups in total. The highest BCUT2D eigenvalue weighted by molar-refractivity contribution is 7.87. The molecule has 0 aliphatic carbocycles. The van der Waals surface area contributed by atoms with Crippen molar-refractivity contribution in [3.05, 3.63) is 83.9 Å². The van der Waals surface area contributed by atoms with E-state index in [0.29, 0.717) is 23.6 Å². The van der Waals surface area contributed by atoms with E-state index in [1.165, 1.54) is 31.4 Å². The Morgan fingerprint density at radius 1 is 0.971 bits per heavy atom. The van der Waals surface area contributed by atoms with Gasteiger partial charge in [0.25, 0.3) is 5.91 Å². The van der Waals surface area contributed by atoms with Gasteiger partial charge in [-0.15, -0.1) is 0 Å². The topological polar surface area (TPSA) is 103 Å². The molecule has 0 aromatic heterocycles. The molecule has 35 heavy (non-hydrogen) atoms. The van der Waals surface area contributed by atoms with Crippen LogP contribution in [-0.2, 0) is 21.1 Å². The van der Waals surface area contributed by atoms with E-state index >= 15 is 0 Å². The molecule has 3 rings (SSSR count). The van der Waals surface area contributed by atoms with E-state index in [0.717, 1.165) is 12.3 Å². The molecular weight excluding hydrogens is 489 g/mol. The van der Waals surface area contributed by atoms with Gasteiger partial charge in [-0.25, -0.2) is 5.43 Å². The molecule has 3 aromatic carbocycles. The van der Waals surface area contributed by atoms with Crippen LogP contribution in [0.25, 0.3) is 0 Å². The van der Waals surface area contributed by atoms with Gasteiger partial charge in [-0.2, -0.15) is 26.7 Å². The fourth-order valence-corrected chi connectivity index (χ4v) is 3.84. The fourth-order valence-electron chi connectivity index (χ4n) is 2.75. The number of carbonyl (C=O) groups excluding carboxylic acids is 1. The summed E-state index contributed by atoms with van der Waals surface area (Å²) in [7, 11) is -3.05. The van der Waals surface area contributed by atoms with Gasteiger partial charge in [0.1, 0.15) is 22.1 Å². The predicted molar refractivity (Wildman–Crippen MR) is 120 cm³/mol. The number of rotatable bonds is 9. The van der Waals surface area contributed by atoms with E-state index in [1.54, 1.807) is 30.3 Å². The summed E-state index contributed by atoms with van der Waals surface area (Å²) in [5.74, 6) is 0.0870. The fraction of sp³-hybridized carbons (Fsp3) is 0.130. The number of hydrogen-bond acceptors (Lipinski definition) is 7. The summed E-state index contributed by atoms with van der Waals surface area (Å²) in [5, 5.41) is 3.58. The number of nitrogens with zero attached hydrogens (tertiary/aromatic N) is 1. The van der Waals surface area contributed by atoms with Gasteiger partial charge in [-0.1, -0.05) is 24.3 Å². The summed E-state index contributed by atoms with van der Waals surface area (Å²) in [6.07, 6.45) is -3.96. The molecule has 8 nitrogen and oxygen atoms in total. The van der Waals surface area contributed by atoms with Gasteiger partial charge in [-0.3, -0.25) is 4.79 Å². The summed E-state index contributed by atoms with van der Waals surface area (Å²) >= 11 is 0. The Balaban J connectivity index is 1.77. The molecule has 184 valence electrons. The number of benzene rings is 3. The third-order valence-electron chi connectivity index (χ3n) is 4.36. The van der Waals surface area contributed by atoms with Gasteiger partial charge in [0, 0.05) is 11.6 Å². The van der Waals surface area contributed by atoms with Crippen LogP contribution in [0.3, 0.4) is 0 Å². The first-order valence-corrected chi connectivity index (χ1v) is 11.3. The number of hydrogen-bond donors (Lipinski definition) is 1. The zero-order chi connectivity index (χ0) is 25.5. The maximum atomic E-state index is 13.2. The molecule has 0 aliphatic rings. The average Bonchev–Trinajstić information content (AvgIpc) is 2.82. The highest BCUT2D eigenvalue weighted by Crippen LogP contribution is 2.32. The van der Waals surface area contributed by atoms with Crippen molar-refractivity contribution in [3.8, 4) is 17.2 Å². The van der Waals surface area contributed by atoms with Gasteiger partial charge in [0.2, 0.25) is 0 Å². The van der Waals surface area contributed by atoms with Crippen molar-refractivity contribution in [1.29, 1.82) is 0 Å². The van der Waals surface area contributed by atoms with Gasteiger partial charge < -0.3 is 13.7 Å². The van der Waals surface area contributed by atoms with Crippen LogP contribution in [0.2, 0.25) is 0 Å². The van der Waals surface area contributed by atoms with Crippen LogP contribution < -0.4 is 19.1 Å². The Hall–Kier alpha value is -4.06. The van der Waals surface area contributed by atoms with Crippen molar-refractivity contribution >= 4 is 22.2 Å². The zero-order valence-corrected chi connectivity index (χ0v) is 19.0. The molecule has 12 heteroatoms. The quantitative estimate of drug-likeness (QED) is 0.266. The van der Waals surface area contributed by atoms with Gasteiger partial charge in [-0.05, 0) is 42.5 Å². The van der Waals surface area contributed by atoms with Crippen LogP contribution in [0, 0.1) is 0 Å². The molecule has 0 saturated heterocycles. The highest BCUT2D eigenvalue weighted by atomic mass is 32.2. The third-order valence-corrected chi connectivity index (χ3v) is 5.68. The predicted octanol–water partition coefficient (Wildman–Crippen LogP) is 4.01. The lowest BCUT2D eigenvalue weighted by Crippen LogP contribution is -2.24. The van der Waals surface area contributed by atoms with Crippen molar-refractivity contribution in [2.45, 2.75) is 11.1 Å². The van der Waals surface area contributed by atoms with E-state index in [9.17, 15) is 26.4 Å². The molecule has 0 bridgehead atoms. The maximum Gasteiger partial charge on any atom is 0.416 e. The highest BCUT2D eigenvalue weighted by Gasteiger charge is 2.32. The molecule has 0 atom stereocenters. The molecule has 0 heterocycles. The first kappa shape index (κ1) is 25.6. The molecule has 0 unspecified atom stereocenters. The lowest BCUT2D eigenvalue weighted by molar-refractivity contribution is -0.137. The second kappa shape index (κ2) is 10.9. The van der Waals surface area contributed by atoms with E-state index in [-0.39, 0.29) is 5.75 Å². The summed E-state index contributed by atoms with van der Waals surface area (Å²) in [4.78, 5) is 11.4. The lowest BCUT2D eigenvalue weighted by Gasteiger charge is -2.12. The number of para-hydroxylation sites is 1. The van der Waals surface area contributed by atoms with E-state index in [1.807, 2.05) is 0 Å². The Bertz CT molecular complexity index is 1310. The second-order valence-electron chi connectivity index (χ2n) is 6.86. The summed E-state index contributed by atoms with van der Waals surface area (Å²) < 4.78 is 80.3. The first-order chi connectivity index (χ1) is 16.6. The van der Waals surface area contributed by atoms with Crippen LogP contribution in [0.1, 0.15) is 11.1 Å². The number of alkyl halides is 3. The van der Waals surface area contributed by atoms with Crippen molar-refractivity contribution < 1.29 is 40.0 Å². The Labute approximate surface area is 199 Å². The maximum absolute atomic E-state index is 13.2. The summed E-state index contributed by atoms with van der Waals surface area (Å²) in [5.41, 5.74) is 0.528. The summed E-state index contributed by atoms with van der Waals surface area (Å²) in [6, 6.07) is 15.9. The molecule has 1 amide bonds. The monoisotopic (exact) mass is 508 g/mol. The second-order valence-corrected chi connectivity index (χ2v) is 8.38. The van der Waals surface area contributed by atoms with Crippen LogP contribution in [-0.4, -0.2) is 34.3 Å². The number of halogens is 3.